The molecular formula is C11H10N2O4. The third-order valence-corrected chi connectivity index (χ3v) is 2.04. The largest absolute Gasteiger partial charge is 0.365 e. The number of non-ortho nitro benzene ring substituents is 1. The number of nitro benzene ring substituents is 1. The van der Waals surface area contributed by atoms with Gasteiger partial charge in [-0.05, 0) is 18.6 Å². The first-order valence-electron chi connectivity index (χ1n) is 4.68. The highest BCUT2D eigenvalue weighted by Gasteiger charge is 2.11. The van der Waals surface area contributed by atoms with Crippen LogP contribution in [-0.2, 0) is 9.59 Å². The van der Waals surface area contributed by atoms with Crippen molar-refractivity contribution in [2.24, 2.45) is 5.73 Å². The summed E-state index contributed by atoms with van der Waals surface area (Å²) in [6.45, 7) is 1.20. The minimum absolute atomic E-state index is 0.119. The Bertz CT molecular complexity index is 504. The van der Waals surface area contributed by atoms with Crippen molar-refractivity contribution >= 4 is 23.5 Å². The molecule has 0 bridgehead atoms. The van der Waals surface area contributed by atoms with E-state index in [0.29, 0.717) is 5.56 Å². The van der Waals surface area contributed by atoms with Crippen LogP contribution in [0, 0.1) is 10.1 Å². The van der Waals surface area contributed by atoms with E-state index >= 15 is 0 Å². The van der Waals surface area contributed by atoms with E-state index in [-0.39, 0.29) is 11.3 Å². The molecule has 6 heteroatoms. The van der Waals surface area contributed by atoms with Crippen molar-refractivity contribution in [3.8, 4) is 0 Å². The lowest BCUT2D eigenvalue weighted by Crippen LogP contribution is -2.18. The van der Waals surface area contributed by atoms with Crippen LogP contribution >= 0.6 is 0 Å². The average Bonchev–Trinajstić information content (AvgIpc) is 2.25. The molecule has 0 unspecified atom stereocenters. The second kappa shape index (κ2) is 5.02. The topological polar surface area (TPSA) is 103 Å². The maximum atomic E-state index is 11.1. The summed E-state index contributed by atoms with van der Waals surface area (Å²) < 4.78 is 0. The zero-order valence-corrected chi connectivity index (χ0v) is 9.04. The molecule has 0 saturated heterocycles. The van der Waals surface area contributed by atoms with Crippen LogP contribution in [-0.4, -0.2) is 16.6 Å². The summed E-state index contributed by atoms with van der Waals surface area (Å²) in [5.74, 6) is -1.34. The summed E-state index contributed by atoms with van der Waals surface area (Å²) in [6.07, 6.45) is 1.23. The molecule has 17 heavy (non-hydrogen) atoms. The number of hydrogen-bond donors (Lipinski definition) is 1. The van der Waals surface area contributed by atoms with Crippen LogP contribution in [0.5, 0.6) is 0 Å². The van der Waals surface area contributed by atoms with E-state index in [9.17, 15) is 19.7 Å². The Kier molecular flexibility index (Phi) is 3.71. The molecule has 0 atom stereocenters. The maximum Gasteiger partial charge on any atom is 0.270 e. The number of ketones is 1. The van der Waals surface area contributed by atoms with E-state index in [4.69, 9.17) is 5.73 Å². The molecule has 88 valence electrons. The first-order valence-corrected chi connectivity index (χ1v) is 4.68. The molecule has 0 aromatic heterocycles. The second-order valence-corrected chi connectivity index (χ2v) is 3.33. The number of nitro groups is 1. The highest BCUT2D eigenvalue weighted by atomic mass is 16.6. The zero-order valence-electron chi connectivity index (χ0n) is 9.04. The minimum Gasteiger partial charge on any atom is -0.365 e. The highest BCUT2D eigenvalue weighted by Crippen LogP contribution is 2.15. The van der Waals surface area contributed by atoms with Crippen LogP contribution < -0.4 is 5.73 Å². The predicted molar refractivity (Wildman–Crippen MR) is 60.9 cm³/mol. The number of hydrogen-bond acceptors (Lipinski definition) is 4. The number of nitrogens with zero attached hydrogens (tertiary/aromatic N) is 1. The van der Waals surface area contributed by atoms with Crippen molar-refractivity contribution in [1.82, 2.24) is 0 Å². The fourth-order valence-corrected chi connectivity index (χ4v) is 1.24. The van der Waals surface area contributed by atoms with Gasteiger partial charge in [-0.2, -0.15) is 0 Å². The number of carbonyl (C=O) groups excluding carboxylic acids is 2. The molecular weight excluding hydrogens is 224 g/mol. The first kappa shape index (κ1) is 12.6. The van der Waals surface area contributed by atoms with Crippen LogP contribution in [0.25, 0.3) is 6.08 Å². The van der Waals surface area contributed by atoms with Crippen LogP contribution in [0.2, 0.25) is 0 Å². The normalized spacial score (nSPS) is 11.0. The Hall–Kier alpha value is -2.50. The molecule has 1 aromatic rings. The number of carbonyl (C=O) groups is 2. The third-order valence-electron chi connectivity index (χ3n) is 2.04. The Morgan fingerprint density at radius 2 is 2.06 bits per heavy atom. The summed E-state index contributed by atoms with van der Waals surface area (Å²) in [5, 5.41) is 10.5. The molecule has 1 aromatic carbocycles. The second-order valence-electron chi connectivity index (χ2n) is 3.33. The molecule has 0 aliphatic heterocycles. The van der Waals surface area contributed by atoms with Crippen LogP contribution in [0.1, 0.15) is 12.5 Å². The highest BCUT2D eigenvalue weighted by molar-refractivity contribution is 6.21. The van der Waals surface area contributed by atoms with E-state index in [1.165, 1.54) is 31.2 Å². The Morgan fingerprint density at radius 3 is 2.53 bits per heavy atom. The van der Waals surface area contributed by atoms with Gasteiger partial charge in [-0.15, -0.1) is 0 Å². The fourth-order valence-electron chi connectivity index (χ4n) is 1.24. The quantitative estimate of drug-likeness (QED) is 0.276. The number of primary amides is 1. The van der Waals surface area contributed by atoms with E-state index < -0.39 is 16.6 Å². The number of amides is 1. The molecule has 2 N–H and O–H groups in total. The summed E-state index contributed by atoms with van der Waals surface area (Å²) in [4.78, 5) is 32.0. The number of nitrogens with two attached hydrogens (primary N) is 1. The lowest BCUT2D eigenvalue weighted by molar-refractivity contribution is -0.384. The van der Waals surface area contributed by atoms with Gasteiger partial charge in [0, 0.05) is 12.1 Å². The van der Waals surface area contributed by atoms with Gasteiger partial charge in [0.1, 0.15) is 0 Å². The SMILES string of the molecule is CC(=O)/C(=C\c1cccc([N+](=O)[O-])c1)C(N)=O. The standard InChI is InChI=1S/C11H10N2O4/c1-7(14)10(11(12)15)6-8-3-2-4-9(5-8)13(16)17/h2-6H,1H3,(H2,12,15)/b10-6+. The molecule has 0 heterocycles. The number of rotatable bonds is 4. The predicted octanol–water partition coefficient (Wildman–Crippen LogP) is 1.05. The van der Waals surface area contributed by atoms with Crippen molar-refractivity contribution in [2.75, 3.05) is 0 Å². The molecule has 0 spiro atoms. The van der Waals surface area contributed by atoms with Gasteiger partial charge < -0.3 is 5.73 Å². The summed E-state index contributed by atoms with van der Waals surface area (Å²) in [5.41, 5.74) is 5.09. The van der Waals surface area contributed by atoms with Crippen molar-refractivity contribution in [1.29, 1.82) is 0 Å². The number of Topliss-reactive ketones (excluding diaryl/α,β-unsaturated/α-hetero) is 1. The lowest BCUT2D eigenvalue weighted by atomic mass is 10.1. The van der Waals surface area contributed by atoms with Gasteiger partial charge in [0.2, 0.25) is 0 Å². The monoisotopic (exact) mass is 234 g/mol. The fraction of sp³-hybridized carbons (Fsp3) is 0.0909. The lowest BCUT2D eigenvalue weighted by Gasteiger charge is -1.99. The van der Waals surface area contributed by atoms with E-state index in [0.717, 1.165) is 0 Å². The molecule has 0 aliphatic rings. The Labute approximate surface area is 96.9 Å². The Balaban J connectivity index is 3.20. The first-order chi connectivity index (χ1) is 7.91. The van der Waals surface area contributed by atoms with Gasteiger partial charge >= 0.3 is 0 Å². The molecule has 0 fully saturated rings. The Morgan fingerprint density at radius 1 is 1.41 bits per heavy atom. The van der Waals surface area contributed by atoms with Gasteiger partial charge in [0.25, 0.3) is 11.6 Å². The van der Waals surface area contributed by atoms with Crippen LogP contribution in [0.15, 0.2) is 29.8 Å². The third kappa shape index (κ3) is 3.23. The minimum atomic E-state index is -0.857. The molecule has 0 saturated carbocycles. The van der Waals surface area contributed by atoms with Crippen LogP contribution in [0.4, 0.5) is 5.69 Å². The molecule has 1 amide bonds. The summed E-state index contributed by atoms with van der Waals surface area (Å²) >= 11 is 0. The van der Waals surface area contributed by atoms with Gasteiger partial charge in [0.05, 0.1) is 10.5 Å². The van der Waals surface area contributed by atoms with Crippen molar-refractivity contribution in [3.05, 3.63) is 45.5 Å². The van der Waals surface area contributed by atoms with Crippen molar-refractivity contribution < 1.29 is 14.5 Å². The molecule has 6 nitrogen and oxygen atoms in total. The zero-order chi connectivity index (χ0) is 13.0. The van der Waals surface area contributed by atoms with Gasteiger partial charge in [-0.3, -0.25) is 19.7 Å². The van der Waals surface area contributed by atoms with Crippen LogP contribution in [0.3, 0.4) is 0 Å². The van der Waals surface area contributed by atoms with Crippen molar-refractivity contribution in [3.63, 3.8) is 0 Å². The van der Waals surface area contributed by atoms with E-state index in [2.05, 4.69) is 0 Å². The maximum absolute atomic E-state index is 11.1. The van der Waals surface area contributed by atoms with E-state index in [1.807, 2.05) is 0 Å². The molecule has 0 radical (unpaired) electrons. The van der Waals surface area contributed by atoms with Crippen molar-refractivity contribution in [2.45, 2.75) is 6.92 Å². The summed E-state index contributed by atoms with van der Waals surface area (Å²) in [6, 6.07) is 5.57. The summed E-state index contributed by atoms with van der Waals surface area (Å²) in [7, 11) is 0. The average molecular weight is 234 g/mol. The molecule has 1 rings (SSSR count). The number of benzene rings is 1. The molecule has 0 aliphatic carbocycles. The van der Waals surface area contributed by atoms with Gasteiger partial charge in [-0.25, -0.2) is 0 Å². The van der Waals surface area contributed by atoms with Gasteiger partial charge in [-0.1, -0.05) is 12.1 Å². The smallest absolute Gasteiger partial charge is 0.270 e. The van der Waals surface area contributed by atoms with E-state index in [1.54, 1.807) is 6.07 Å². The van der Waals surface area contributed by atoms with Gasteiger partial charge in [0.15, 0.2) is 5.78 Å².